The maximum atomic E-state index is 13.5. The number of hydrogen-bond acceptors (Lipinski definition) is 4. The van der Waals surface area contributed by atoms with Gasteiger partial charge in [0.15, 0.2) is 11.5 Å². The average molecular weight is 525 g/mol. The number of nitrogens with zero attached hydrogens (tertiary/aromatic N) is 2. The van der Waals surface area contributed by atoms with E-state index in [0.717, 1.165) is 14.7 Å². The smallest absolute Gasteiger partial charge is 0.174 e. The molecule has 0 bridgehead atoms. The molecule has 31 heavy (non-hydrogen) atoms. The molecule has 1 heterocycles. The summed E-state index contributed by atoms with van der Waals surface area (Å²) in [4.78, 5) is 7.40. The fraction of sp³-hybridized carbons (Fsp3) is 0.0833. The molecule has 0 fully saturated rings. The third-order valence-electron chi connectivity index (χ3n) is 4.61. The zero-order valence-electron chi connectivity index (χ0n) is 16.5. The van der Waals surface area contributed by atoms with Crippen molar-refractivity contribution >= 4 is 45.3 Å². The first-order chi connectivity index (χ1) is 15.1. The standard InChI is InChI=1S/C24H17FIN3O2/c1-30-22-11-16(10-19(26)23(22)31-14-15-5-3-2-4-6-15)9-17(13-27)24-28-20-8-7-18(25)12-21(20)29-24/h2-12H,14H2,1H3,(H,28,29)/b17-9-. The number of ether oxygens (including phenoxy) is 2. The van der Waals surface area contributed by atoms with Gasteiger partial charge in [0.1, 0.15) is 24.3 Å². The van der Waals surface area contributed by atoms with Gasteiger partial charge in [-0.2, -0.15) is 5.26 Å². The Kier molecular flexibility index (Phi) is 6.18. The minimum absolute atomic E-state index is 0.326. The molecule has 4 rings (SSSR count). The van der Waals surface area contributed by atoms with Crippen LogP contribution in [0.1, 0.15) is 17.0 Å². The molecule has 0 aliphatic rings. The Labute approximate surface area is 192 Å². The molecule has 1 aromatic heterocycles. The van der Waals surface area contributed by atoms with Crippen molar-refractivity contribution in [1.82, 2.24) is 9.97 Å². The van der Waals surface area contributed by atoms with E-state index in [1.54, 1.807) is 19.3 Å². The van der Waals surface area contributed by atoms with Crippen molar-refractivity contribution in [3.8, 4) is 17.6 Å². The van der Waals surface area contributed by atoms with Gasteiger partial charge in [-0.1, -0.05) is 30.3 Å². The molecule has 5 nitrogen and oxygen atoms in total. The van der Waals surface area contributed by atoms with Crippen LogP contribution in [0.25, 0.3) is 22.7 Å². The Hall–Kier alpha value is -3.38. The van der Waals surface area contributed by atoms with Gasteiger partial charge in [0.2, 0.25) is 0 Å². The monoisotopic (exact) mass is 525 g/mol. The zero-order chi connectivity index (χ0) is 21.8. The zero-order valence-corrected chi connectivity index (χ0v) is 18.7. The summed E-state index contributed by atoms with van der Waals surface area (Å²) in [5, 5.41) is 9.67. The summed E-state index contributed by atoms with van der Waals surface area (Å²) in [6.07, 6.45) is 1.71. The fourth-order valence-corrected chi connectivity index (χ4v) is 3.90. The van der Waals surface area contributed by atoms with E-state index in [-0.39, 0.29) is 5.82 Å². The molecular weight excluding hydrogens is 508 g/mol. The number of H-pyrrole nitrogens is 1. The maximum Gasteiger partial charge on any atom is 0.174 e. The summed E-state index contributed by atoms with van der Waals surface area (Å²) in [6, 6.07) is 20.0. The molecular formula is C24H17FIN3O2. The number of nitriles is 1. The van der Waals surface area contributed by atoms with Gasteiger partial charge < -0.3 is 14.5 Å². The fourth-order valence-electron chi connectivity index (χ4n) is 3.12. The lowest BCUT2D eigenvalue weighted by molar-refractivity contribution is 0.282. The summed E-state index contributed by atoms with van der Waals surface area (Å²) in [5.41, 5.74) is 3.27. The molecule has 0 saturated carbocycles. The van der Waals surface area contributed by atoms with E-state index in [0.29, 0.717) is 40.5 Å². The quantitative estimate of drug-likeness (QED) is 0.249. The number of methoxy groups -OCH3 is 1. The van der Waals surface area contributed by atoms with Crippen molar-refractivity contribution in [2.45, 2.75) is 6.61 Å². The van der Waals surface area contributed by atoms with Crippen LogP contribution in [0, 0.1) is 20.7 Å². The first-order valence-electron chi connectivity index (χ1n) is 9.39. The SMILES string of the molecule is COc1cc(/C=C(/C#N)c2nc3ccc(F)cc3[nH]2)cc(I)c1OCc1ccccc1. The molecule has 4 aromatic rings. The van der Waals surface area contributed by atoms with Gasteiger partial charge in [-0.25, -0.2) is 9.37 Å². The minimum atomic E-state index is -0.365. The summed E-state index contributed by atoms with van der Waals surface area (Å²) in [7, 11) is 1.58. The van der Waals surface area contributed by atoms with Gasteiger partial charge in [-0.05, 0) is 70.1 Å². The van der Waals surface area contributed by atoms with E-state index in [2.05, 4.69) is 38.6 Å². The van der Waals surface area contributed by atoms with E-state index < -0.39 is 0 Å². The van der Waals surface area contributed by atoms with E-state index in [1.807, 2.05) is 42.5 Å². The molecule has 1 N–H and O–H groups in total. The topological polar surface area (TPSA) is 70.9 Å². The van der Waals surface area contributed by atoms with Crippen molar-refractivity contribution < 1.29 is 13.9 Å². The normalized spacial score (nSPS) is 11.4. The Balaban J connectivity index is 1.65. The van der Waals surface area contributed by atoms with Gasteiger partial charge in [0.05, 0.1) is 27.3 Å². The van der Waals surface area contributed by atoms with Gasteiger partial charge in [-0.15, -0.1) is 0 Å². The predicted molar refractivity (Wildman–Crippen MR) is 126 cm³/mol. The van der Waals surface area contributed by atoms with E-state index >= 15 is 0 Å². The number of aromatic amines is 1. The van der Waals surface area contributed by atoms with Crippen LogP contribution in [0.4, 0.5) is 4.39 Å². The van der Waals surface area contributed by atoms with Crippen LogP contribution in [0.2, 0.25) is 0 Å². The largest absolute Gasteiger partial charge is 0.493 e. The molecule has 0 saturated heterocycles. The van der Waals surface area contributed by atoms with Gasteiger partial charge in [-0.3, -0.25) is 0 Å². The summed E-state index contributed by atoms with van der Waals surface area (Å²) < 4.78 is 25.8. The van der Waals surface area contributed by atoms with Crippen LogP contribution < -0.4 is 9.47 Å². The van der Waals surface area contributed by atoms with Gasteiger partial charge in [0.25, 0.3) is 0 Å². The Morgan fingerprint density at radius 1 is 1.19 bits per heavy atom. The number of benzene rings is 3. The molecule has 0 spiro atoms. The molecule has 3 aromatic carbocycles. The summed E-state index contributed by atoms with van der Waals surface area (Å²) in [6.45, 7) is 0.418. The molecule has 0 aliphatic heterocycles. The van der Waals surface area contributed by atoms with E-state index in [4.69, 9.17) is 9.47 Å². The lowest BCUT2D eigenvalue weighted by Gasteiger charge is -2.14. The van der Waals surface area contributed by atoms with Crippen molar-refractivity contribution in [2.75, 3.05) is 7.11 Å². The van der Waals surface area contributed by atoms with Crippen LogP contribution >= 0.6 is 22.6 Å². The lowest BCUT2D eigenvalue weighted by Crippen LogP contribution is -2.00. The second-order valence-corrected chi connectivity index (χ2v) is 7.89. The number of halogens is 2. The second-order valence-electron chi connectivity index (χ2n) is 6.73. The number of aromatic nitrogens is 2. The van der Waals surface area contributed by atoms with Crippen LogP contribution in [0.3, 0.4) is 0 Å². The first-order valence-corrected chi connectivity index (χ1v) is 10.5. The van der Waals surface area contributed by atoms with Gasteiger partial charge in [0, 0.05) is 0 Å². The molecule has 0 aliphatic carbocycles. The highest BCUT2D eigenvalue weighted by Crippen LogP contribution is 2.35. The molecule has 0 radical (unpaired) electrons. The van der Waals surface area contributed by atoms with Gasteiger partial charge >= 0.3 is 0 Å². The number of fused-ring (bicyclic) bond motifs is 1. The third-order valence-corrected chi connectivity index (χ3v) is 5.41. The lowest BCUT2D eigenvalue weighted by atomic mass is 10.1. The minimum Gasteiger partial charge on any atom is -0.493 e. The molecule has 154 valence electrons. The Morgan fingerprint density at radius 3 is 2.74 bits per heavy atom. The van der Waals surface area contributed by atoms with Crippen LogP contribution in [-0.4, -0.2) is 17.1 Å². The van der Waals surface area contributed by atoms with Crippen molar-refractivity contribution in [2.24, 2.45) is 0 Å². The average Bonchev–Trinajstić information content (AvgIpc) is 3.20. The van der Waals surface area contributed by atoms with Crippen molar-refractivity contribution in [3.05, 3.63) is 87.0 Å². The molecule has 0 unspecified atom stereocenters. The molecule has 0 atom stereocenters. The Morgan fingerprint density at radius 2 is 2.00 bits per heavy atom. The van der Waals surface area contributed by atoms with E-state index in [9.17, 15) is 9.65 Å². The molecule has 7 heteroatoms. The number of allylic oxidation sites excluding steroid dienone is 1. The number of imidazole rings is 1. The van der Waals surface area contributed by atoms with Crippen LogP contribution in [0.15, 0.2) is 60.7 Å². The summed E-state index contributed by atoms with van der Waals surface area (Å²) >= 11 is 2.18. The van der Waals surface area contributed by atoms with Crippen molar-refractivity contribution in [1.29, 1.82) is 5.26 Å². The second kappa shape index (κ2) is 9.18. The summed E-state index contributed by atoms with van der Waals surface area (Å²) in [5.74, 6) is 1.22. The highest BCUT2D eigenvalue weighted by atomic mass is 127. The highest BCUT2D eigenvalue weighted by Gasteiger charge is 2.14. The predicted octanol–water partition coefficient (Wildman–Crippen LogP) is 5.96. The van der Waals surface area contributed by atoms with E-state index in [1.165, 1.54) is 12.1 Å². The number of nitrogens with one attached hydrogen (secondary N) is 1. The first kappa shape index (κ1) is 20.9. The van der Waals surface area contributed by atoms with Crippen LogP contribution in [0.5, 0.6) is 11.5 Å². The third kappa shape index (κ3) is 4.70. The van der Waals surface area contributed by atoms with Crippen LogP contribution in [-0.2, 0) is 6.61 Å². The number of rotatable bonds is 6. The van der Waals surface area contributed by atoms with Crippen molar-refractivity contribution in [3.63, 3.8) is 0 Å². The maximum absolute atomic E-state index is 13.5. The number of hydrogen-bond donors (Lipinski definition) is 1. The highest BCUT2D eigenvalue weighted by molar-refractivity contribution is 14.1. The Bertz CT molecular complexity index is 1310. The molecule has 0 amide bonds.